The summed E-state index contributed by atoms with van der Waals surface area (Å²) < 4.78 is 0. The Morgan fingerprint density at radius 1 is 1.17 bits per heavy atom. The first-order chi connectivity index (χ1) is 5.84. The van der Waals surface area contributed by atoms with Gasteiger partial charge < -0.3 is 5.73 Å². The summed E-state index contributed by atoms with van der Waals surface area (Å²) in [6.45, 7) is 8.70. The van der Waals surface area contributed by atoms with Crippen molar-refractivity contribution in [3.05, 3.63) is 0 Å². The predicted molar refractivity (Wildman–Crippen MR) is 58.3 cm³/mol. The van der Waals surface area contributed by atoms with Crippen molar-refractivity contribution in [3.63, 3.8) is 0 Å². The van der Waals surface area contributed by atoms with Crippen LogP contribution in [0.1, 0.15) is 53.4 Å². The maximum Gasteiger partial charge on any atom is -0.0195 e. The highest BCUT2D eigenvalue weighted by Crippen LogP contribution is 2.32. The van der Waals surface area contributed by atoms with Gasteiger partial charge in [0, 0.05) is 0 Å². The topological polar surface area (TPSA) is 26.0 Å². The van der Waals surface area contributed by atoms with Crippen molar-refractivity contribution in [2.45, 2.75) is 53.4 Å². The van der Waals surface area contributed by atoms with Gasteiger partial charge in [-0.1, -0.05) is 53.4 Å². The minimum Gasteiger partial charge on any atom is -0.333 e. The van der Waals surface area contributed by atoms with Crippen LogP contribution in [0.25, 0.3) is 0 Å². The molecule has 0 aromatic carbocycles. The second-order valence-electron chi connectivity index (χ2n) is 3.08. The van der Waals surface area contributed by atoms with Crippen molar-refractivity contribution in [3.8, 4) is 0 Å². The molecular weight excluding hydrogens is 146 g/mol. The summed E-state index contributed by atoms with van der Waals surface area (Å²) in [5.74, 6) is 2.09. The Kier molecular flexibility index (Phi) is 13.2. The molecule has 0 spiro atoms. The van der Waals surface area contributed by atoms with Crippen LogP contribution in [0.4, 0.5) is 0 Å². The minimum absolute atomic E-state index is 1.03. The monoisotopic (exact) mass is 173 g/mol. The second-order valence-corrected chi connectivity index (χ2v) is 3.08. The predicted octanol–water partition coefficient (Wildman–Crippen LogP) is 3.43. The third kappa shape index (κ3) is 5.59. The Morgan fingerprint density at radius 2 is 1.67 bits per heavy atom. The molecule has 1 aliphatic carbocycles. The molecule has 0 radical (unpaired) electrons. The summed E-state index contributed by atoms with van der Waals surface area (Å²) in [4.78, 5) is 0. The first-order valence-electron chi connectivity index (χ1n) is 5.42. The van der Waals surface area contributed by atoms with Gasteiger partial charge in [0.05, 0.1) is 0 Å². The van der Waals surface area contributed by atoms with E-state index in [2.05, 4.69) is 19.6 Å². The van der Waals surface area contributed by atoms with Crippen LogP contribution in [0.2, 0.25) is 0 Å². The quantitative estimate of drug-likeness (QED) is 0.646. The smallest absolute Gasteiger partial charge is 0.0195 e. The lowest BCUT2D eigenvalue weighted by atomic mass is 9.96. The fourth-order valence-corrected chi connectivity index (χ4v) is 1.83. The fourth-order valence-electron chi connectivity index (χ4n) is 1.83. The molecule has 0 heterocycles. The lowest BCUT2D eigenvalue weighted by molar-refractivity contribution is 0.407. The van der Waals surface area contributed by atoms with Gasteiger partial charge in [-0.25, -0.2) is 0 Å². The molecular formula is C11H27N. The van der Waals surface area contributed by atoms with Gasteiger partial charge in [0.2, 0.25) is 0 Å². The third-order valence-electron chi connectivity index (χ3n) is 2.56. The molecule has 1 saturated carbocycles. The molecule has 1 nitrogen and oxygen atoms in total. The average Bonchev–Trinajstić information content (AvgIpc) is 2.58. The highest BCUT2D eigenvalue weighted by molar-refractivity contribution is 4.72. The minimum atomic E-state index is 1.03. The average molecular weight is 173 g/mol. The van der Waals surface area contributed by atoms with E-state index in [0.29, 0.717) is 0 Å². The molecule has 0 aromatic rings. The lowest BCUT2D eigenvalue weighted by Gasteiger charge is -2.10. The van der Waals surface area contributed by atoms with Crippen LogP contribution in [0.3, 0.4) is 0 Å². The van der Waals surface area contributed by atoms with Crippen molar-refractivity contribution in [1.82, 2.24) is 0 Å². The van der Waals surface area contributed by atoms with Crippen LogP contribution >= 0.6 is 0 Å². The van der Waals surface area contributed by atoms with Crippen LogP contribution in [-0.2, 0) is 0 Å². The Labute approximate surface area is 78.7 Å². The molecule has 0 saturated heterocycles. The maximum absolute atomic E-state index is 4.50. The molecule has 1 fully saturated rings. The van der Waals surface area contributed by atoms with Crippen LogP contribution in [0, 0.1) is 11.8 Å². The summed E-state index contributed by atoms with van der Waals surface area (Å²) in [5.41, 5.74) is 4.50. The molecule has 1 rings (SSSR count). The molecule has 0 amide bonds. The van der Waals surface area contributed by atoms with Gasteiger partial charge in [-0.15, -0.1) is 0 Å². The van der Waals surface area contributed by atoms with E-state index >= 15 is 0 Å². The van der Waals surface area contributed by atoms with Crippen molar-refractivity contribution in [2.75, 3.05) is 7.05 Å². The molecule has 0 aromatic heterocycles. The Bertz CT molecular complexity index is 71.4. The SMILES string of the molecule is CC.CCC1CCCC1C.CN. The van der Waals surface area contributed by atoms with E-state index in [9.17, 15) is 0 Å². The van der Waals surface area contributed by atoms with Crippen LogP contribution in [0.15, 0.2) is 0 Å². The number of nitrogens with two attached hydrogens (primary N) is 1. The number of rotatable bonds is 1. The summed E-state index contributed by atoms with van der Waals surface area (Å²) in [5, 5.41) is 0. The van der Waals surface area contributed by atoms with Crippen LogP contribution in [0.5, 0.6) is 0 Å². The van der Waals surface area contributed by atoms with E-state index < -0.39 is 0 Å². The van der Waals surface area contributed by atoms with E-state index in [-0.39, 0.29) is 0 Å². The van der Waals surface area contributed by atoms with Gasteiger partial charge in [-0.3, -0.25) is 0 Å². The molecule has 1 aliphatic rings. The zero-order valence-electron chi connectivity index (χ0n) is 9.56. The van der Waals surface area contributed by atoms with E-state index in [1.54, 1.807) is 0 Å². The summed E-state index contributed by atoms with van der Waals surface area (Å²) in [6, 6.07) is 0. The number of hydrogen-bond acceptors (Lipinski definition) is 1. The highest BCUT2D eigenvalue weighted by Gasteiger charge is 2.20. The highest BCUT2D eigenvalue weighted by atomic mass is 14.4. The lowest BCUT2D eigenvalue weighted by Crippen LogP contribution is -2.00. The standard InChI is InChI=1S/C8H16.C2H6.CH5N/c1-3-8-6-4-5-7(8)2;2*1-2/h7-8H,3-6H2,1-2H3;1-2H3;2H2,1H3. The largest absolute Gasteiger partial charge is 0.333 e. The first-order valence-corrected chi connectivity index (χ1v) is 5.42. The molecule has 0 bridgehead atoms. The van der Waals surface area contributed by atoms with Gasteiger partial charge in [0.15, 0.2) is 0 Å². The van der Waals surface area contributed by atoms with E-state index in [4.69, 9.17) is 0 Å². The van der Waals surface area contributed by atoms with Crippen molar-refractivity contribution in [1.29, 1.82) is 0 Å². The normalized spacial score (nSPS) is 26.5. The van der Waals surface area contributed by atoms with Crippen LogP contribution in [-0.4, -0.2) is 7.05 Å². The molecule has 1 heteroatoms. The van der Waals surface area contributed by atoms with Gasteiger partial charge >= 0.3 is 0 Å². The second kappa shape index (κ2) is 11.0. The molecule has 76 valence electrons. The summed E-state index contributed by atoms with van der Waals surface area (Å²) in [7, 11) is 1.50. The van der Waals surface area contributed by atoms with Crippen LogP contribution < -0.4 is 5.73 Å². The van der Waals surface area contributed by atoms with E-state index in [1.165, 1.54) is 32.7 Å². The molecule has 2 unspecified atom stereocenters. The Balaban J connectivity index is 0. The molecule has 0 aliphatic heterocycles. The van der Waals surface area contributed by atoms with Gasteiger partial charge in [0.1, 0.15) is 0 Å². The van der Waals surface area contributed by atoms with E-state index in [0.717, 1.165) is 11.8 Å². The van der Waals surface area contributed by atoms with Crippen molar-refractivity contribution in [2.24, 2.45) is 17.6 Å². The van der Waals surface area contributed by atoms with Crippen molar-refractivity contribution >= 4 is 0 Å². The number of hydrogen-bond donors (Lipinski definition) is 1. The maximum atomic E-state index is 4.50. The fraction of sp³-hybridized carbons (Fsp3) is 1.00. The van der Waals surface area contributed by atoms with Gasteiger partial charge in [0.25, 0.3) is 0 Å². The summed E-state index contributed by atoms with van der Waals surface area (Å²) >= 11 is 0. The van der Waals surface area contributed by atoms with E-state index in [1.807, 2.05) is 13.8 Å². The van der Waals surface area contributed by atoms with Gasteiger partial charge in [-0.05, 0) is 18.9 Å². The molecule has 12 heavy (non-hydrogen) atoms. The Morgan fingerprint density at radius 3 is 1.83 bits per heavy atom. The molecule has 2 atom stereocenters. The zero-order chi connectivity index (χ0) is 9.98. The third-order valence-corrected chi connectivity index (χ3v) is 2.56. The first kappa shape index (κ1) is 14.5. The van der Waals surface area contributed by atoms with Crippen molar-refractivity contribution < 1.29 is 0 Å². The summed E-state index contributed by atoms with van der Waals surface area (Å²) in [6.07, 6.45) is 5.87. The van der Waals surface area contributed by atoms with Gasteiger partial charge in [-0.2, -0.15) is 0 Å². The zero-order valence-corrected chi connectivity index (χ0v) is 9.56. The Hall–Kier alpha value is -0.0400. The molecule has 2 N–H and O–H groups in total.